The quantitative estimate of drug-likeness (QED) is 0.742. The van der Waals surface area contributed by atoms with Crippen molar-refractivity contribution in [3.05, 3.63) is 11.6 Å². The highest BCUT2D eigenvalue weighted by Crippen LogP contribution is 2.67. The van der Waals surface area contributed by atoms with Gasteiger partial charge in [0.2, 0.25) is 5.91 Å². The average Bonchev–Trinajstić information content (AvgIpc) is 2.92. The molecule has 5 unspecified atom stereocenters. The second kappa shape index (κ2) is 5.84. The molecule has 0 aliphatic heterocycles. The molecule has 0 radical (unpaired) electrons. The maximum atomic E-state index is 11.8. The molecular weight excluding hydrogens is 310 g/mol. The number of fused-ring (bicyclic) bond motifs is 5. The number of rotatable bonds is 2. The summed E-state index contributed by atoms with van der Waals surface area (Å²) in [5, 5.41) is 10.1. The van der Waals surface area contributed by atoms with E-state index in [2.05, 4.69) is 26.8 Å². The smallest absolute Gasteiger partial charge is 0.220 e. The van der Waals surface area contributed by atoms with Crippen molar-refractivity contribution in [2.75, 3.05) is 0 Å². The van der Waals surface area contributed by atoms with E-state index in [4.69, 9.17) is 5.73 Å². The van der Waals surface area contributed by atoms with Crippen molar-refractivity contribution in [2.24, 2.45) is 46.2 Å². The predicted molar refractivity (Wildman–Crippen MR) is 99.6 cm³/mol. The summed E-state index contributed by atoms with van der Waals surface area (Å²) in [4.78, 5) is 11.8. The van der Waals surface area contributed by atoms with Crippen LogP contribution in [0.2, 0.25) is 0 Å². The normalized spacial score (nSPS) is 50.2. The van der Waals surface area contributed by atoms with Gasteiger partial charge in [-0.1, -0.05) is 32.4 Å². The second-order valence-corrected chi connectivity index (χ2v) is 10.1. The van der Waals surface area contributed by atoms with Gasteiger partial charge in [-0.25, -0.2) is 0 Å². The summed E-state index contributed by atoms with van der Waals surface area (Å²) in [6.07, 6.45) is 11.5. The highest BCUT2D eigenvalue weighted by atomic mass is 16.3. The van der Waals surface area contributed by atoms with Crippen molar-refractivity contribution in [1.29, 1.82) is 0 Å². The Morgan fingerprint density at radius 2 is 1.96 bits per heavy atom. The zero-order valence-electron chi connectivity index (χ0n) is 16.1. The second-order valence-electron chi connectivity index (χ2n) is 10.1. The number of aliphatic hydroxyl groups excluding tert-OH is 1. The maximum Gasteiger partial charge on any atom is 0.220 e. The highest BCUT2D eigenvalue weighted by molar-refractivity contribution is 5.76. The van der Waals surface area contributed by atoms with Gasteiger partial charge in [0.1, 0.15) is 0 Å². The van der Waals surface area contributed by atoms with Gasteiger partial charge in [-0.2, -0.15) is 0 Å². The molecule has 8 atom stereocenters. The van der Waals surface area contributed by atoms with Gasteiger partial charge in [0.15, 0.2) is 0 Å². The van der Waals surface area contributed by atoms with Crippen molar-refractivity contribution in [3.63, 3.8) is 0 Å². The van der Waals surface area contributed by atoms with Gasteiger partial charge < -0.3 is 10.8 Å². The summed E-state index contributed by atoms with van der Waals surface area (Å²) in [6.45, 7) is 6.98. The molecule has 0 bridgehead atoms. The van der Waals surface area contributed by atoms with E-state index in [0.29, 0.717) is 11.3 Å². The molecule has 4 rings (SSSR count). The van der Waals surface area contributed by atoms with E-state index in [1.807, 2.05) is 0 Å². The van der Waals surface area contributed by atoms with Crippen LogP contribution in [0.1, 0.15) is 72.1 Å². The summed E-state index contributed by atoms with van der Waals surface area (Å²) in [5.41, 5.74) is 7.80. The maximum absolute atomic E-state index is 11.8. The summed E-state index contributed by atoms with van der Waals surface area (Å²) in [7, 11) is 0. The molecule has 0 aromatic rings. The monoisotopic (exact) mass is 345 g/mol. The Morgan fingerprint density at radius 3 is 2.68 bits per heavy atom. The van der Waals surface area contributed by atoms with Gasteiger partial charge in [-0.3, -0.25) is 4.79 Å². The number of nitrogens with two attached hydrogens (primary N) is 1. The van der Waals surface area contributed by atoms with Crippen LogP contribution in [0.25, 0.3) is 0 Å². The van der Waals surface area contributed by atoms with Crippen LogP contribution in [0.4, 0.5) is 0 Å². The summed E-state index contributed by atoms with van der Waals surface area (Å²) >= 11 is 0. The topological polar surface area (TPSA) is 63.3 Å². The molecule has 1 amide bonds. The van der Waals surface area contributed by atoms with Crippen LogP contribution in [0.5, 0.6) is 0 Å². The lowest BCUT2D eigenvalue weighted by Gasteiger charge is -2.58. The molecule has 0 aromatic heterocycles. The third kappa shape index (κ3) is 2.44. The minimum absolute atomic E-state index is 0.00154. The van der Waals surface area contributed by atoms with E-state index in [0.717, 1.165) is 37.0 Å². The first-order chi connectivity index (χ1) is 11.8. The van der Waals surface area contributed by atoms with Crippen LogP contribution in [-0.4, -0.2) is 17.1 Å². The van der Waals surface area contributed by atoms with Gasteiger partial charge in [-0.05, 0) is 85.9 Å². The lowest BCUT2D eigenvalue weighted by atomic mass is 9.47. The van der Waals surface area contributed by atoms with Gasteiger partial charge in [0.05, 0.1) is 6.10 Å². The fourth-order valence-corrected chi connectivity index (χ4v) is 7.70. The summed E-state index contributed by atoms with van der Waals surface area (Å²) < 4.78 is 0. The minimum Gasteiger partial charge on any atom is -0.393 e. The van der Waals surface area contributed by atoms with Crippen LogP contribution in [0.3, 0.4) is 0 Å². The van der Waals surface area contributed by atoms with Crippen LogP contribution in [0.15, 0.2) is 11.6 Å². The first-order valence-electron chi connectivity index (χ1n) is 10.4. The van der Waals surface area contributed by atoms with Crippen molar-refractivity contribution in [3.8, 4) is 0 Å². The van der Waals surface area contributed by atoms with E-state index < -0.39 is 0 Å². The number of aliphatic hydroxyl groups is 1. The Morgan fingerprint density at radius 1 is 1.20 bits per heavy atom. The molecule has 0 spiro atoms. The Hall–Kier alpha value is -0.830. The third-order valence-electron chi connectivity index (χ3n) is 9.20. The minimum atomic E-state index is -0.128. The SMILES string of the molecule is CC(C(N)=O)C1CCC2C3CC=C4C[C@@H](O)CC[C@]4(C)C3CC[C@]12C. The third-order valence-corrected chi connectivity index (χ3v) is 9.20. The lowest BCUT2D eigenvalue weighted by Crippen LogP contribution is -2.51. The molecule has 0 saturated heterocycles. The van der Waals surface area contributed by atoms with Gasteiger partial charge in [0, 0.05) is 5.92 Å². The van der Waals surface area contributed by atoms with Gasteiger partial charge in [0.25, 0.3) is 0 Å². The number of amides is 1. The number of hydrogen-bond donors (Lipinski definition) is 2. The zero-order chi connectivity index (χ0) is 18.0. The van der Waals surface area contributed by atoms with Crippen molar-refractivity contribution >= 4 is 5.91 Å². The van der Waals surface area contributed by atoms with E-state index in [1.54, 1.807) is 0 Å². The van der Waals surface area contributed by atoms with E-state index in [-0.39, 0.29) is 23.3 Å². The number of carbonyl (C=O) groups excluding carboxylic acids is 1. The van der Waals surface area contributed by atoms with Crippen LogP contribution < -0.4 is 5.73 Å². The van der Waals surface area contributed by atoms with Crippen LogP contribution in [0, 0.1) is 40.4 Å². The molecule has 3 heteroatoms. The Kier molecular flexibility index (Phi) is 4.10. The predicted octanol–water partition coefficient (Wildman–Crippen LogP) is 4.05. The molecule has 3 N–H and O–H groups in total. The average molecular weight is 346 g/mol. The van der Waals surface area contributed by atoms with E-state index >= 15 is 0 Å². The summed E-state index contributed by atoms with van der Waals surface area (Å²) in [6, 6.07) is 0. The first kappa shape index (κ1) is 17.6. The van der Waals surface area contributed by atoms with Crippen LogP contribution >= 0.6 is 0 Å². The molecule has 4 aliphatic carbocycles. The summed E-state index contributed by atoms with van der Waals surface area (Å²) in [5.74, 6) is 2.60. The molecule has 3 saturated carbocycles. The van der Waals surface area contributed by atoms with E-state index in [9.17, 15) is 9.90 Å². The van der Waals surface area contributed by atoms with Crippen molar-refractivity contribution < 1.29 is 9.90 Å². The number of allylic oxidation sites excluding steroid dienone is 1. The van der Waals surface area contributed by atoms with E-state index in [1.165, 1.54) is 37.7 Å². The molecular formula is C22H35NO2. The number of carbonyl (C=O) groups is 1. The highest BCUT2D eigenvalue weighted by Gasteiger charge is 2.59. The first-order valence-corrected chi connectivity index (χ1v) is 10.4. The number of hydrogen-bond acceptors (Lipinski definition) is 2. The lowest BCUT2D eigenvalue weighted by molar-refractivity contribution is -0.126. The molecule has 4 aliphatic rings. The molecule has 140 valence electrons. The fraction of sp³-hybridized carbons (Fsp3) is 0.864. The standard InChI is InChI=1S/C22H35NO2/c1-13(20(23)25)17-6-7-18-16-5-4-14-12-15(24)8-10-21(14,2)19(16)9-11-22(17,18)3/h4,13,15-19,24H,5-12H2,1-3H3,(H2,23,25)/t13?,15-,16?,17?,18?,19?,21-,22+/m0/s1. The molecule has 0 aromatic carbocycles. The van der Waals surface area contributed by atoms with Crippen molar-refractivity contribution in [1.82, 2.24) is 0 Å². The Bertz CT molecular complexity index is 599. The Labute approximate surface area is 152 Å². The Balaban J connectivity index is 1.63. The number of primary amides is 1. The van der Waals surface area contributed by atoms with Crippen LogP contribution in [-0.2, 0) is 4.79 Å². The van der Waals surface area contributed by atoms with Crippen molar-refractivity contribution in [2.45, 2.75) is 78.2 Å². The van der Waals surface area contributed by atoms with Gasteiger partial charge >= 0.3 is 0 Å². The molecule has 25 heavy (non-hydrogen) atoms. The molecule has 0 heterocycles. The van der Waals surface area contributed by atoms with Gasteiger partial charge in [-0.15, -0.1) is 0 Å². The largest absolute Gasteiger partial charge is 0.393 e. The fourth-order valence-electron chi connectivity index (χ4n) is 7.70. The molecule has 3 nitrogen and oxygen atoms in total. The molecule has 3 fully saturated rings. The zero-order valence-corrected chi connectivity index (χ0v) is 16.1.